The lowest BCUT2D eigenvalue weighted by Gasteiger charge is -2.28. The molecule has 1 aliphatic heterocycles. The summed E-state index contributed by atoms with van der Waals surface area (Å²) >= 11 is 0. The number of hydrogen-bond donors (Lipinski definition) is 2. The Balaban J connectivity index is 0.00000264. The van der Waals surface area contributed by atoms with Crippen LogP contribution in [0.5, 0.6) is 0 Å². The number of allylic oxidation sites excluding steroid dienone is 1. The molecule has 0 aromatic heterocycles. The van der Waals surface area contributed by atoms with Crippen molar-refractivity contribution in [2.24, 2.45) is 0 Å². The van der Waals surface area contributed by atoms with E-state index in [0.717, 1.165) is 11.3 Å². The molecule has 0 spiro atoms. The summed E-state index contributed by atoms with van der Waals surface area (Å²) in [5, 5.41) is 5.40. The van der Waals surface area contributed by atoms with Crippen LogP contribution in [0.4, 0.5) is 10.5 Å². The first-order valence-corrected chi connectivity index (χ1v) is 7.16. The predicted molar refractivity (Wildman–Crippen MR) is 91.8 cm³/mol. The molecule has 0 bridgehead atoms. The molecule has 1 aliphatic rings. The third kappa shape index (κ3) is 4.16. The molecule has 7 heteroatoms. The number of anilines is 1. The zero-order chi connectivity index (χ0) is 16.3. The number of hydrogen-bond acceptors (Lipinski definition) is 4. The fourth-order valence-corrected chi connectivity index (χ4v) is 2.39. The number of ether oxygens (including phenoxy) is 1. The van der Waals surface area contributed by atoms with Gasteiger partial charge in [-0.05, 0) is 31.5 Å². The normalized spacial score (nSPS) is 16.9. The Morgan fingerprint density at radius 3 is 2.39 bits per heavy atom. The van der Waals surface area contributed by atoms with Crippen molar-refractivity contribution in [1.82, 2.24) is 10.6 Å². The van der Waals surface area contributed by atoms with Gasteiger partial charge in [-0.15, -0.1) is 12.4 Å². The van der Waals surface area contributed by atoms with Crippen molar-refractivity contribution in [3.63, 3.8) is 0 Å². The Bertz CT molecular complexity index is 612. The molecule has 23 heavy (non-hydrogen) atoms. The van der Waals surface area contributed by atoms with E-state index in [2.05, 4.69) is 10.6 Å². The van der Waals surface area contributed by atoms with Crippen LogP contribution in [0.15, 0.2) is 35.5 Å². The van der Waals surface area contributed by atoms with Crippen molar-refractivity contribution in [3.8, 4) is 0 Å². The zero-order valence-electron chi connectivity index (χ0n) is 13.7. The van der Waals surface area contributed by atoms with Gasteiger partial charge in [0, 0.05) is 25.5 Å². The van der Waals surface area contributed by atoms with Crippen LogP contribution in [0, 0.1) is 0 Å². The number of carbonyl (C=O) groups is 2. The number of amides is 2. The van der Waals surface area contributed by atoms with Crippen LogP contribution in [0.3, 0.4) is 0 Å². The number of nitrogens with one attached hydrogen (secondary N) is 2. The third-order valence-electron chi connectivity index (χ3n) is 3.51. The molecule has 0 aliphatic carbocycles. The van der Waals surface area contributed by atoms with Gasteiger partial charge in [0.05, 0.1) is 18.2 Å². The van der Waals surface area contributed by atoms with E-state index in [1.807, 2.05) is 43.3 Å². The van der Waals surface area contributed by atoms with Gasteiger partial charge in [-0.2, -0.15) is 0 Å². The van der Waals surface area contributed by atoms with Crippen LogP contribution in [0.25, 0.3) is 0 Å². The number of benzene rings is 1. The highest BCUT2D eigenvalue weighted by atomic mass is 35.5. The number of carbonyl (C=O) groups excluding carboxylic acids is 2. The largest absolute Gasteiger partial charge is 0.463 e. The second-order valence-corrected chi connectivity index (χ2v) is 5.28. The highest BCUT2D eigenvalue weighted by Gasteiger charge is 2.31. The second-order valence-electron chi connectivity index (χ2n) is 5.28. The minimum absolute atomic E-state index is 0. The van der Waals surface area contributed by atoms with E-state index in [-0.39, 0.29) is 25.0 Å². The van der Waals surface area contributed by atoms with E-state index in [0.29, 0.717) is 11.3 Å². The maximum absolute atomic E-state index is 12.2. The van der Waals surface area contributed by atoms with Crippen molar-refractivity contribution in [2.45, 2.75) is 19.9 Å². The molecule has 1 heterocycles. The highest BCUT2D eigenvalue weighted by Crippen LogP contribution is 2.28. The van der Waals surface area contributed by atoms with Gasteiger partial charge in [-0.1, -0.05) is 12.1 Å². The molecule has 6 nitrogen and oxygen atoms in total. The number of esters is 1. The van der Waals surface area contributed by atoms with Gasteiger partial charge in [0.15, 0.2) is 0 Å². The Kier molecular flexibility index (Phi) is 6.45. The lowest BCUT2D eigenvalue weighted by molar-refractivity contribution is -0.139. The highest BCUT2D eigenvalue weighted by molar-refractivity contribution is 5.95. The van der Waals surface area contributed by atoms with Crippen LogP contribution in [-0.2, 0) is 9.53 Å². The summed E-state index contributed by atoms with van der Waals surface area (Å²) in [6.07, 6.45) is 0. The van der Waals surface area contributed by atoms with Crippen LogP contribution >= 0.6 is 12.4 Å². The molecule has 1 atom stereocenters. The molecule has 1 aromatic carbocycles. The number of urea groups is 1. The fourth-order valence-electron chi connectivity index (χ4n) is 2.39. The standard InChI is InChI=1S/C16H21N3O3.ClH/c1-5-22-15(20)13-10(2)17-16(21)18-14(13)11-6-8-12(9-7-11)19(3)4;/h6-9,14H,5H2,1-4H3,(H2,17,18,21);1H. The van der Waals surface area contributed by atoms with E-state index < -0.39 is 12.0 Å². The van der Waals surface area contributed by atoms with Gasteiger partial charge in [0.1, 0.15) is 0 Å². The number of rotatable bonds is 4. The zero-order valence-corrected chi connectivity index (χ0v) is 14.5. The molecule has 2 N–H and O–H groups in total. The number of halogens is 1. The third-order valence-corrected chi connectivity index (χ3v) is 3.51. The monoisotopic (exact) mass is 339 g/mol. The smallest absolute Gasteiger partial charge is 0.338 e. The molecule has 0 radical (unpaired) electrons. The topological polar surface area (TPSA) is 70.7 Å². The van der Waals surface area contributed by atoms with Crippen LogP contribution in [0.2, 0.25) is 0 Å². The first kappa shape index (κ1) is 18.8. The van der Waals surface area contributed by atoms with Gasteiger partial charge in [0.2, 0.25) is 0 Å². The van der Waals surface area contributed by atoms with Crippen molar-refractivity contribution >= 4 is 30.1 Å². The first-order valence-electron chi connectivity index (χ1n) is 7.16. The Morgan fingerprint density at radius 2 is 1.87 bits per heavy atom. The maximum Gasteiger partial charge on any atom is 0.338 e. The van der Waals surface area contributed by atoms with Crippen molar-refractivity contribution in [2.75, 3.05) is 25.6 Å². The molecule has 1 unspecified atom stereocenters. The van der Waals surface area contributed by atoms with E-state index in [4.69, 9.17) is 4.74 Å². The van der Waals surface area contributed by atoms with Gasteiger partial charge in [-0.3, -0.25) is 0 Å². The van der Waals surface area contributed by atoms with Crippen LogP contribution < -0.4 is 15.5 Å². The summed E-state index contributed by atoms with van der Waals surface area (Å²) in [4.78, 5) is 25.9. The summed E-state index contributed by atoms with van der Waals surface area (Å²) in [6.45, 7) is 3.74. The lowest BCUT2D eigenvalue weighted by Crippen LogP contribution is -2.45. The Morgan fingerprint density at radius 1 is 1.26 bits per heavy atom. The molecule has 2 rings (SSSR count). The SMILES string of the molecule is CCOC(=O)C1=C(C)NC(=O)NC1c1ccc(N(C)C)cc1.Cl. The van der Waals surface area contributed by atoms with E-state index in [1.54, 1.807) is 13.8 Å². The second kappa shape index (κ2) is 7.87. The summed E-state index contributed by atoms with van der Waals surface area (Å²) < 4.78 is 5.10. The van der Waals surface area contributed by atoms with Gasteiger partial charge < -0.3 is 20.3 Å². The van der Waals surface area contributed by atoms with E-state index >= 15 is 0 Å². The molecule has 0 saturated heterocycles. The predicted octanol–water partition coefficient (Wildman–Crippen LogP) is 2.37. The minimum atomic E-state index is -0.510. The molecular formula is C16H22ClN3O3. The number of nitrogens with zero attached hydrogens (tertiary/aromatic N) is 1. The van der Waals surface area contributed by atoms with Gasteiger partial charge >= 0.3 is 12.0 Å². The van der Waals surface area contributed by atoms with Crippen LogP contribution in [0.1, 0.15) is 25.5 Å². The van der Waals surface area contributed by atoms with Gasteiger partial charge in [0.25, 0.3) is 0 Å². The average molecular weight is 340 g/mol. The fraction of sp³-hybridized carbons (Fsp3) is 0.375. The lowest BCUT2D eigenvalue weighted by atomic mass is 9.95. The molecular weight excluding hydrogens is 318 g/mol. The average Bonchev–Trinajstić information content (AvgIpc) is 2.46. The summed E-state index contributed by atoms with van der Waals surface area (Å²) in [6, 6.07) is 6.86. The quantitative estimate of drug-likeness (QED) is 0.826. The summed E-state index contributed by atoms with van der Waals surface area (Å²) in [5.41, 5.74) is 2.83. The molecule has 126 valence electrons. The van der Waals surface area contributed by atoms with Crippen molar-refractivity contribution < 1.29 is 14.3 Å². The maximum atomic E-state index is 12.2. The van der Waals surface area contributed by atoms with Crippen molar-refractivity contribution in [3.05, 3.63) is 41.1 Å². The Labute approximate surface area is 142 Å². The van der Waals surface area contributed by atoms with Crippen molar-refractivity contribution in [1.29, 1.82) is 0 Å². The molecule has 0 fully saturated rings. The Hall–Kier alpha value is -2.21. The summed E-state index contributed by atoms with van der Waals surface area (Å²) in [7, 11) is 3.91. The summed E-state index contributed by atoms with van der Waals surface area (Å²) in [5.74, 6) is -0.422. The van der Waals surface area contributed by atoms with Gasteiger partial charge in [-0.25, -0.2) is 9.59 Å². The van der Waals surface area contributed by atoms with E-state index in [1.165, 1.54) is 0 Å². The molecule has 0 saturated carbocycles. The van der Waals surface area contributed by atoms with Crippen LogP contribution in [-0.4, -0.2) is 32.7 Å². The molecule has 1 aromatic rings. The molecule has 2 amide bonds. The minimum Gasteiger partial charge on any atom is -0.463 e. The first-order chi connectivity index (χ1) is 10.4. The van der Waals surface area contributed by atoms with E-state index in [9.17, 15) is 9.59 Å².